The van der Waals surface area contributed by atoms with Gasteiger partial charge in [-0.2, -0.15) is 0 Å². The summed E-state index contributed by atoms with van der Waals surface area (Å²) in [6.07, 6.45) is 0. The predicted octanol–water partition coefficient (Wildman–Crippen LogP) is 3.22. The highest BCUT2D eigenvalue weighted by molar-refractivity contribution is 5.99. The highest BCUT2D eigenvalue weighted by Crippen LogP contribution is 2.07. The average Bonchev–Trinajstić information content (AvgIpc) is 2.23. The van der Waals surface area contributed by atoms with Crippen LogP contribution in [-0.4, -0.2) is 47.0 Å². The molecule has 0 unspecified atom stereocenters. The van der Waals surface area contributed by atoms with Crippen molar-refractivity contribution in [3.63, 3.8) is 0 Å². The molecule has 0 aromatic carbocycles. The summed E-state index contributed by atoms with van der Waals surface area (Å²) >= 11 is 0. The van der Waals surface area contributed by atoms with Crippen LogP contribution in [0.1, 0.15) is 69.2 Å². The lowest BCUT2D eigenvalue weighted by Gasteiger charge is -2.35. The molecule has 0 rings (SSSR count). The number of rotatable bonds is 5. The Kier molecular flexibility index (Phi) is 9.14. The summed E-state index contributed by atoms with van der Waals surface area (Å²) in [5.41, 5.74) is 0. The lowest BCUT2D eigenvalue weighted by molar-refractivity contribution is 0.284. The summed E-state index contributed by atoms with van der Waals surface area (Å²) < 4.78 is 0. The quantitative estimate of drug-likeness (QED) is 0.605. The SMILES string of the molecule is CC(C)N=C(NC(=NC(C)C)N(C(C)C)C(C)C)NC(C)C. The van der Waals surface area contributed by atoms with E-state index >= 15 is 0 Å². The highest BCUT2D eigenvalue weighted by atomic mass is 15.4. The van der Waals surface area contributed by atoms with Crippen molar-refractivity contribution in [3.8, 4) is 0 Å². The molecule has 0 radical (unpaired) electrons. The van der Waals surface area contributed by atoms with Crippen LogP contribution in [0.15, 0.2) is 9.98 Å². The lowest BCUT2D eigenvalue weighted by atomic mass is 10.2. The normalized spacial score (nSPS) is 13.8. The molecule has 0 heterocycles. The second-order valence-electron chi connectivity index (χ2n) is 7.14. The first-order valence-electron chi connectivity index (χ1n) is 8.52. The lowest BCUT2D eigenvalue weighted by Crippen LogP contribution is -2.54. The minimum absolute atomic E-state index is 0.223. The van der Waals surface area contributed by atoms with Gasteiger partial charge in [0.15, 0.2) is 5.96 Å². The van der Waals surface area contributed by atoms with Crippen molar-refractivity contribution >= 4 is 11.9 Å². The minimum Gasteiger partial charge on any atom is -0.354 e. The van der Waals surface area contributed by atoms with Gasteiger partial charge in [-0.15, -0.1) is 0 Å². The Balaban J connectivity index is 5.51. The Bertz CT molecular complexity index is 359. The summed E-state index contributed by atoms with van der Waals surface area (Å²) in [4.78, 5) is 11.7. The summed E-state index contributed by atoms with van der Waals surface area (Å²) in [6, 6.07) is 1.49. The van der Waals surface area contributed by atoms with Gasteiger partial charge in [0.2, 0.25) is 5.96 Å². The van der Waals surface area contributed by atoms with Crippen LogP contribution >= 0.6 is 0 Å². The second-order valence-corrected chi connectivity index (χ2v) is 7.14. The number of hydrogen-bond acceptors (Lipinski definition) is 2. The van der Waals surface area contributed by atoms with Crippen LogP contribution in [0, 0.1) is 0 Å². The fourth-order valence-electron chi connectivity index (χ4n) is 2.24. The molecule has 0 saturated carbocycles. The molecular weight excluding hydrogens is 274 g/mol. The van der Waals surface area contributed by atoms with Crippen LogP contribution in [0.2, 0.25) is 0 Å². The molecule has 0 aromatic rings. The maximum absolute atomic E-state index is 4.78. The van der Waals surface area contributed by atoms with Crippen molar-refractivity contribution in [2.24, 2.45) is 9.98 Å². The van der Waals surface area contributed by atoms with E-state index in [1.165, 1.54) is 0 Å². The zero-order valence-corrected chi connectivity index (χ0v) is 16.2. The van der Waals surface area contributed by atoms with Crippen molar-refractivity contribution in [2.75, 3.05) is 0 Å². The van der Waals surface area contributed by atoms with E-state index in [1.807, 2.05) is 0 Å². The van der Waals surface area contributed by atoms with Gasteiger partial charge in [-0.25, -0.2) is 4.99 Å². The fourth-order valence-corrected chi connectivity index (χ4v) is 2.24. The van der Waals surface area contributed by atoms with Gasteiger partial charge in [-0.05, 0) is 69.2 Å². The first-order chi connectivity index (χ1) is 10.0. The molecule has 0 spiro atoms. The third-order valence-electron chi connectivity index (χ3n) is 2.78. The molecule has 0 aliphatic rings. The first-order valence-corrected chi connectivity index (χ1v) is 8.52. The molecule has 0 amide bonds. The average molecular weight is 312 g/mol. The van der Waals surface area contributed by atoms with Crippen LogP contribution in [0.3, 0.4) is 0 Å². The Morgan fingerprint density at radius 3 is 1.50 bits per heavy atom. The van der Waals surface area contributed by atoms with E-state index < -0.39 is 0 Å². The van der Waals surface area contributed by atoms with Crippen molar-refractivity contribution in [1.82, 2.24) is 15.5 Å². The Morgan fingerprint density at radius 1 is 0.727 bits per heavy atom. The molecule has 0 saturated heterocycles. The van der Waals surface area contributed by atoms with Crippen molar-refractivity contribution in [3.05, 3.63) is 0 Å². The molecule has 0 aliphatic heterocycles. The highest BCUT2D eigenvalue weighted by Gasteiger charge is 2.20. The van der Waals surface area contributed by atoms with Crippen molar-refractivity contribution < 1.29 is 0 Å². The van der Waals surface area contributed by atoms with Crippen molar-refractivity contribution in [2.45, 2.75) is 99.4 Å². The minimum atomic E-state index is 0.223. The number of nitrogens with zero attached hydrogens (tertiary/aromatic N) is 3. The van der Waals surface area contributed by atoms with E-state index in [1.54, 1.807) is 0 Å². The van der Waals surface area contributed by atoms with Gasteiger partial charge in [0, 0.05) is 30.2 Å². The zero-order chi connectivity index (χ0) is 17.4. The summed E-state index contributed by atoms with van der Waals surface area (Å²) in [5, 5.41) is 6.80. The van der Waals surface area contributed by atoms with E-state index in [9.17, 15) is 0 Å². The maximum atomic E-state index is 4.78. The summed E-state index contributed by atoms with van der Waals surface area (Å²) in [6.45, 7) is 21.3. The van der Waals surface area contributed by atoms with Crippen LogP contribution in [-0.2, 0) is 0 Å². The standard InChI is InChI=1S/C17H37N5/c1-11(2)18-16(19-12(3)4)21-17(20-13(5)6)22(14(7)8)15(9)10/h11-15H,1-10H3,(H2,18,19,20,21). The number of nitrogens with one attached hydrogen (secondary N) is 2. The van der Waals surface area contributed by atoms with Gasteiger partial charge in [0.05, 0.1) is 0 Å². The van der Waals surface area contributed by atoms with Gasteiger partial charge in [-0.3, -0.25) is 10.3 Å². The molecule has 130 valence electrons. The smallest absolute Gasteiger partial charge is 0.201 e. The van der Waals surface area contributed by atoms with Gasteiger partial charge in [0.25, 0.3) is 0 Å². The molecule has 0 aliphatic carbocycles. The van der Waals surface area contributed by atoms with Crippen LogP contribution in [0.4, 0.5) is 0 Å². The third kappa shape index (κ3) is 8.25. The zero-order valence-electron chi connectivity index (χ0n) is 16.2. The first kappa shape index (κ1) is 20.7. The Labute approximate surface area is 137 Å². The summed E-state index contributed by atoms with van der Waals surface area (Å²) in [5.74, 6) is 1.67. The van der Waals surface area contributed by atoms with Gasteiger partial charge in [-0.1, -0.05) is 0 Å². The molecule has 0 atom stereocenters. The molecular formula is C17H37N5. The van der Waals surface area contributed by atoms with Crippen LogP contribution in [0.25, 0.3) is 0 Å². The van der Waals surface area contributed by atoms with Crippen LogP contribution < -0.4 is 10.6 Å². The fraction of sp³-hybridized carbons (Fsp3) is 0.882. The molecule has 0 fully saturated rings. The number of aliphatic imine (C=N–C) groups is 2. The maximum Gasteiger partial charge on any atom is 0.201 e. The molecule has 2 N–H and O–H groups in total. The Hall–Kier alpha value is -1.26. The van der Waals surface area contributed by atoms with E-state index in [4.69, 9.17) is 4.99 Å². The van der Waals surface area contributed by atoms with Crippen molar-refractivity contribution in [1.29, 1.82) is 0 Å². The van der Waals surface area contributed by atoms with Gasteiger partial charge < -0.3 is 10.2 Å². The molecule has 22 heavy (non-hydrogen) atoms. The molecule has 5 nitrogen and oxygen atoms in total. The summed E-state index contributed by atoms with van der Waals surface area (Å²) in [7, 11) is 0. The number of hydrogen-bond donors (Lipinski definition) is 2. The molecule has 5 heteroatoms. The third-order valence-corrected chi connectivity index (χ3v) is 2.78. The molecule has 0 aromatic heterocycles. The van der Waals surface area contributed by atoms with E-state index in [-0.39, 0.29) is 12.1 Å². The molecule has 0 bridgehead atoms. The van der Waals surface area contributed by atoms with Gasteiger partial charge >= 0.3 is 0 Å². The predicted molar refractivity (Wildman–Crippen MR) is 98.7 cm³/mol. The van der Waals surface area contributed by atoms with Crippen LogP contribution in [0.5, 0.6) is 0 Å². The van der Waals surface area contributed by atoms with E-state index in [0.29, 0.717) is 18.1 Å². The van der Waals surface area contributed by atoms with E-state index in [2.05, 4.69) is 89.8 Å². The topological polar surface area (TPSA) is 52.0 Å². The van der Waals surface area contributed by atoms with Gasteiger partial charge in [0.1, 0.15) is 0 Å². The van der Waals surface area contributed by atoms with E-state index in [0.717, 1.165) is 11.9 Å². The second kappa shape index (κ2) is 9.70. The monoisotopic (exact) mass is 311 g/mol. The Morgan fingerprint density at radius 2 is 1.18 bits per heavy atom. The largest absolute Gasteiger partial charge is 0.354 e. The number of guanidine groups is 2.